The number of nitrogens with zero attached hydrogens (tertiary/aromatic N) is 1. The largest absolute Gasteiger partial charge is 0.316 e. The third-order valence-electron chi connectivity index (χ3n) is 4.53. The minimum absolute atomic E-state index is 0.582. The first-order valence-electron chi connectivity index (χ1n) is 7.24. The number of fused-ring (bicyclic) bond motifs is 1. The molecule has 0 aromatic heterocycles. The highest BCUT2D eigenvalue weighted by atomic mass is 15.1. The molecule has 98 valence electrons. The molecule has 3 rings (SSSR count). The summed E-state index contributed by atoms with van der Waals surface area (Å²) in [6.45, 7) is 2.33. The van der Waals surface area contributed by atoms with Crippen molar-refractivity contribution in [2.24, 2.45) is 5.92 Å². The van der Waals surface area contributed by atoms with E-state index in [9.17, 15) is 0 Å². The minimum Gasteiger partial charge on any atom is -0.316 e. The van der Waals surface area contributed by atoms with Gasteiger partial charge in [-0.2, -0.15) is 0 Å². The van der Waals surface area contributed by atoms with Crippen molar-refractivity contribution < 1.29 is 0 Å². The van der Waals surface area contributed by atoms with Crippen molar-refractivity contribution in [3.63, 3.8) is 0 Å². The van der Waals surface area contributed by atoms with Gasteiger partial charge in [-0.1, -0.05) is 18.2 Å². The van der Waals surface area contributed by atoms with Crippen LogP contribution in [0.25, 0.3) is 0 Å². The molecular formula is C16H24N2. The van der Waals surface area contributed by atoms with Crippen LogP contribution in [0.4, 0.5) is 0 Å². The molecule has 1 saturated heterocycles. The molecule has 1 atom stereocenters. The summed E-state index contributed by atoms with van der Waals surface area (Å²) >= 11 is 0. The first kappa shape index (κ1) is 12.2. The molecular weight excluding hydrogens is 220 g/mol. The summed E-state index contributed by atoms with van der Waals surface area (Å²) in [5.41, 5.74) is 4.72. The molecule has 0 saturated carbocycles. The van der Waals surface area contributed by atoms with E-state index in [1.54, 1.807) is 11.1 Å². The molecule has 2 aliphatic rings. The van der Waals surface area contributed by atoms with Crippen LogP contribution in [0.15, 0.2) is 18.2 Å². The fourth-order valence-corrected chi connectivity index (χ4v) is 3.46. The van der Waals surface area contributed by atoms with Gasteiger partial charge in [-0.3, -0.25) is 0 Å². The third-order valence-corrected chi connectivity index (χ3v) is 4.53. The minimum atomic E-state index is 0.582. The van der Waals surface area contributed by atoms with Crippen LogP contribution in [-0.2, 0) is 12.8 Å². The number of hydrogen-bond donors (Lipinski definition) is 1. The van der Waals surface area contributed by atoms with Gasteiger partial charge in [0.05, 0.1) is 0 Å². The van der Waals surface area contributed by atoms with Crippen molar-refractivity contribution >= 4 is 0 Å². The van der Waals surface area contributed by atoms with Gasteiger partial charge in [0.25, 0.3) is 0 Å². The highest BCUT2D eigenvalue weighted by molar-refractivity contribution is 5.35. The van der Waals surface area contributed by atoms with Crippen molar-refractivity contribution in [2.45, 2.75) is 31.7 Å². The highest BCUT2D eigenvalue weighted by Crippen LogP contribution is 2.32. The monoisotopic (exact) mass is 244 g/mol. The fraction of sp³-hybridized carbons (Fsp3) is 0.625. The van der Waals surface area contributed by atoms with Crippen LogP contribution in [0.5, 0.6) is 0 Å². The molecule has 1 aromatic carbocycles. The molecule has 0 spiro atoms. The molecule has 1 unspecified atom stereocenters. The number of nitrogens with one attached hydrogen (secondary N) is 1. The number of rotatable bonds is 3. The number of benzene rings is 1. The lowest BCUT2D eigenvalue weighted by Gasteiger charge is -2.39. The summed E-state index contributed by atoms with van der Waals surface area (Å²) < 4.78 is 0. The Balaban J connectivity index is 1.89. The topological polar surface area (TPSA) is 15.3 Å². The zero-order chi connectivity index (χ0) is 12.5. The van der Waals surface area contributed by atoms with Gasteiger partial charge in [0, 0.05) is 25.0 Å². The van der Waals surface area contributed by atoms with Crippen molar-refractivity contribution in [3.8, 4) is 0 Å². The first-order valence-corrected chi connectivity index (χ1v) is 7.24. The molecule has 1 N–H and O–H groups in total. The maximum absolute atomic E-state index is 3.40. The van der Waals surface area contributed by atoms with Gasteiger partial charge in [-0.05, 0) is 56.5 Å². The van der Waals surface area contributed by atoms with Gasteiger partial charge < -0.3 is 10.2 Å². The Bertz CT molecular complexity index is 421. The Hall–Kier alpha value is -0.860. The Morgan fingerprint density at radius 2 is 1.83 bits per heavy atom. The van der Waals surface area contributed by atoms with Crippen molar-refractivity contribution in [3.05, 3.63) is 34.9 Å². The fourth-order valence-electron chi connectivity index (χ4n) is 3.46. The van der Waals surface area contributed by atoms with Crippen molar-refractivity contribution in [1.29, 1.82) is 0 Å². The summed E-state index contributed by atoms with van der Waals surface area (Å²) in [6.07, 6.45) is 5.31. The molecule has 0 bridgehead atoms. The van der Waals surface area contributed by atoms with Gasteiger partial charge in [0.1, 0.15) is 0 Å². The van der Waals surface area contributed by atoms with Gasteiger partial charge in [0.15, 0.2) is 0 Å². The van der Waals surface area contributed by atoms with E-state index < -0.39 is 0 Å². The van der Waals surface area contributed by atoms with Crippen LogP contribution in [0.2, 0.25) is 0 Å². The standard InChI is InChI=1S/C16H24N2/c1-18(2)16(15-10-17-11-15)14-8-7-12-5-3-4-6-13(12)9-14/h7-9,15-17H,3-6,10-11H2,1-2H3. The highest BCUT2D eigenvalue weighted by Gasteiger charge is 2.30. The summed E-state index contributed by atoms with van der Waals surface area (Å²) in [6, 6.07) is 7.82. The lowest BCUT2D eigenvalue weighted by atomic mass is 9.84. The first-order chi connectivity index (χ1) is 8.75. The van der Waals surface area contributed by atoms with Crippen LogP contribution >= 0.6 is 0 Å². The van der Waals surface area contributed by atoms with Crippen molar-refractivity contribution in [2.75, 3.05) is 27.2 Å². The molecule has 1 aromatic rings. The molecule has 1 heterocycles. The van der Waals surface area contributed by atoms with E-state index in [1.165, 1.54) is 44.3 Å². The molecule has 0 radical (unpaired) electrons. The summed E-state index contributed by atoms with van der Waals surface area (Å²) in [5, 5.41) is 3.40. The Labute approximate surface area is 110 Å². The van der Waals surface area contributed by atoms with Gasteiger partial charge in [0.2, 0.25) is 0 Å². The van der Waals surface area contributed by atoms with Gasteiger partial charge >= 0.3 is 0 Å². The lowest BCUT2D eigenvalue weighted by Crippen LogP contribution is -2.48. The second-order valence-corrected chi connectivity index (χ2v) is 6.06. The van der Waals surface area contributed by atoms with Crippen molar-refractivity contribution in [1.82, 2.24) is 10.2 Å². The predicted octanol–water partition coefficient (Wildman–Crippen LogP) is 2.39. The summed E-state index contributed by atoms with van der Waals surface area (Å²) in [5.74, 6) is 0.779. The van der Waals surface area contributed by atoms with E-state index in [-0.39, 0.29) is 0 Å². The third kappa shape index (κ3) is 2.19. The molecule has 1 aliphatic carbocycles. The maximum atomic E-state index is 3.40. The van der Waals surface area contributed by atoms with Crippen LogP contribution < -0.4 is 5.32 Å². The Morgan fingerprint density at radius 1 is 1.11 bits per heavy atom. The SMILES string of the molecule is CN(C)C(c1ccc2c(c1)CCCC2)C1CNC1. The van der Waals surface area contributed by atoms with E-state index in [1.807, 2.05) is 0 Å². The van der Waals surface area contributed by atoms with E-state index in [0.717, 1.165) is 5.92 Å². The number of aryl methyl sites for hydroxylation is 2. The second kappa shape index (κ2) is 5.02. The summed E-state index contributed by atoms with van der Waals surface area (Å²) in [4.78, 5) is 2.38. The average Bonchev–Trinajstić information content (AvgIpc) is 2.32. The second-order valence-electron chi connectivity index (χ2n) is 6.06. The summed E-state index contributed by atoms with van der Waals surface area (Å²) in [7, 11) is 4.42. The van der Waals surface area contributed by atoms with Crippen LogP contribution in [0, 0.1) is 5.92 Å². The normalized spacial score (nSPS) is 21.5. The number of hydrogen-bond acceptors (Lipinski definition) is 2. The quantitative estimate of drug-likeness (QED) is 0.878. The average molecular weight is 244 g/mol. The van der Waals surface area contributed by atoms with E-state index in [0.29, 0.717) is 6.04 Å². The lowest BCUT2D eigenvalue weighted by molar-refractivity contribution is 0.161. The molecule has 18 heavy (non-hydrogen) atoms. The zero-order valence-corrected chi connectivity index (χ0v) is 11.6. The molecule has 1 aliphatic heterocycles. The molecule has 0 amide bonds. The molecule has 2 heteroatoms. The van der Waals surface area contributed by atoms with Gasteiger partial charge in [-0.15, -0.1) is 0 Å². The van der Waals surface area contributed by atoms with Crippen LogP contribution in [-0.4, -0.2) is 32.1 Å². The Morgan fingerprint density at radius 3 is 2.44 bits per heavy atom. The van der Waals surface area contributed by atoms with Crippen LogP contribution in [0.3, 0.4) is 0 Å². The van der Waals surface area contributed by atoms with Gasteiger partial charge in [-0.25, -0.2) is 0 Å². The van der Waals surface area contributed by atoms with E-state index in [2.05, 4.69) is 42.5 Å². The zero-order valence-electron chi connectivity index (χ0n) is 11.6. The molecule has 1 fully saturated rings. The maximum Gasteiger partial charge on any atom is 0.0394 e. The van der Waals surface area contributed by atoms with E-state index >= 15 is 0 Å². The molecule has 2 nitrogen and oxygen atoms in total. The van der Waals surface area contributed by atoms with E-state index in [4.69, 9.17) is 0 Å². The van der Waals surface area contributed by atoms with Crippen LogP contribution in [0.1, 0.15) is 35.6 Å². The predicted molar refractivity (Wildman–Crippen MR) is 75.9 cm³/mol. The smallest absolute Gasteiger partial charge is 0.0394 e. The Kier molecular flexibility index (Phi) is 3.40.